The number of amides is 1. The molecule has 1 aliphatic rings. The monoisotopic (exact) mass is 233 g/mol. The lowest BCUT2D eigenvalue weighted by Gasteiger charge is -2.15. The number of carbonyl (C=O) groups excluding carboxylic acids is 1. The maximum absolute atomic E-state index is 11.8. The van der Waals surface area contributed by atoms with Crippen LogP contribution in [-0.4, -0.2) is 23.7 Å². The number of nitrogens with one attached hydrogen (secondary N) is 1. The fraction of sp³-hybridized carbons (Fsp3) is 0.500. The zero-order chi connectivity index (χ0) is 12.3. The highest BCUT2D eigenvalue weighted by atomic mass is 16.3. The molecule has 3 nitrogen and oxygen atoms in total. The van der Waals surface area contributed by atoms with Gasteiger partial charge in [-0.3, -0.25) is 4.79 Å². The van der Waals surface area contributed by atoms with Crippen LogP contribution < -0.4 is 5.32 Å². The summed E-state index contributed by atoms with van der Waals surface area (Å²) in [6, 6.07) is 7.52. The van der Waals surface area contributed by atoms with Crippen molar-refractivity contribution in [1.82, 2.24) is 5.32 Å². The van der Waals surface area contributed by atoms with E-state index >= 15 is 0 Å². The van der Waals surface area contributed by atoms with Gasteiger partial charge in [0.05, 0.1) is 6.10 Å². The Hall–Kier alpha value is -1.35. The van der Waals surface area contributed by atoms with Crippen molar-refractivity contribution in [3.8, 4) is 0 Å². The van der Waals surface area contributed by atoms with Crippen LogP contribution in [0.1, 0.15) is 35.2 Å². The van der Waals surface area contributed by atoms with Gasteiger partial charge in [0.25, 0.3) is 5.91 Å². The van der Waals surface area contributed by atoms with E-state index in [1.54, 1.807) is 0 Å². The highest BCUT2D eigenvalue weighted by Crippen LogP contribution is 2.24. The number of rotatable bonds is 3. The Morgan fingerprint density at radius 1 is 1.35 bits per heavy atom. The van der Waals surface area contributed by atoms with Gasteiger partial charge in [-0.1, -0.05) is 24.1 Å². The Morgan fingerprint density at radius 2 is 2.06 bits per heavy atom. The van der Waals surface area contributed by atoms with Gasteiger partial charge in [0.1, 0.15) is 0 Å². The summed E-state index contributed by atoms with van der Waals surface area (Å²) in [6.07, 6.45) is 2.69. The third-order valence-corrected chi connectivity index (χ3v) is 3.46. The smallest absolute Gasteiger partial charge is 0.251 e. The number of benzene rings is 1. The third-order valence-electron chi connectivity index (χ3n) is 3.46. The van der Waals surface area contributed by atoms with Gasteiger partial charge in [0, 0.05) is 18.0 Å². The molecule has 3 heteroatoms. The van der Waals surface area contributed by atoms with Crippen molar-refractivity contribution in [2.75, 3.05) is 6.54 Å². The first-order valence-electron chi connectivity index (χ1n) is 6.20. The number of hydrogen-bond acceptors (Lipinski definition) is 2. The van der Waals surface area contributed by atoms with Crippen molar-refractivity contribution in [3.63, 3.8) is 0 Å². The zero-order valence-corrected chi connectivity index (χ0v) is 10.1. The standard InChI is InChI=1S/C14H19NO2/c1-10-5-7-11(8-6-10)14(17)15-9-12-3-2-4-13(12)16/h5-8,12-13,16H,2-4,9H2,1H3,(H,15,17). The molecule has 2 atom stereocenters. The molecule has 2 N–H and O–H groups in total. The lowest BCUT2D eigenvalue weighted by Crippen LogP contribution is -2.32. The van der Waals surface area contributed by atoms with E-state index in [0.717, 1.165) is 24.8 Å². The first kappa shape index (κ1) is 12.1. The minimum Gasteiger partial charge on any atom is -0.393 e. The van der Waals surface area contributed by atoms with Gasteiger partial charge >= 0.3 is 0 Å². The fourth-order valence-corrected chi connectivity index (χ4v) is 2.29. The zero-order valence-electron chi connectivity index (χ0n) is 10.1. The molecule has 0 aliphatic heterocycles. The number of aliphatic hydroxyl groups is 1. The molecule has 0 radical (unpaired) electrons. The SMILES string of the molecule is Cc1ccc(C(=O)NCC2CCCC2O)cc1. The van der Waals surface area contributed by atoms with Crippen molar-refractivity contribution in [3.05, 3.63) is 35.4 Å². The van der Waals surface area contributed by atoms with E-state index in [1.807, 2.05) is 31.2 Å². The van der Waals surface area contributed by atoms with Gasteiger partial charge in [-0.2, -0.15) is 0 Å². The molecule has 0 spiro atoms. The van der Waals surface area contributed by atoms with Crippen LogP contribution in [0.15, 0.2) is 24.3 Å². The molecule has 1 amide bonds. The predicted octanol–water partition coefficient (Wildman–Crippen LogP) is 1.89. The highest BCUT2D eigenvalue weighted by molar-refractivity contribution is 5.94. The van der Waals surface area contributed by atoms with Crippen molar-refractivity contribution in [2.45, 2.75) is 32.3 Å². The van der Waals surface area contributed by atoms with Gasteiger partial charge in [-0.05, 0) is 31.9 Å². The molecule has 0 heterocycles. The van der Waals surface area contributed by atoms with Crippen molar-refractivity contribution >= 4 is 5.91 Å². The molecule has 2 rings (SSSR count). The number of aryl methyl sites for hydroxylation is 1. The van der Waals surface area contributed by atoms with Crippen LogP contribution in [0.25, 0.3) is 0 Å². The maximum Gasteiger partial charge on any atom is 0.251 e. The lowest BCUT2D eigenvalue weighted by molar-refractivity contribution is 0.0917. The molecule has 92 valence electrons. The van der Waals surface area contributed by atoms with Gasteiger partial charge < -0.3 is 10.4 Å². The normalized spacial score (nSPS) is 23.6. The minimum absolute atomic E-state index is 0.0518. The average molecular weight is 233 g/mol. The summed E-state index contributed by atoms with van der Waals surface area (Å²) in [7, 11) is 0. The van der Waals surface area contributed by atoms with Gasteiger partial charge in [-0.25, -0.2) is 0 Å². The molecule has 17 heavy (non-hydrogen) atoms. The van der Waals surface area contributed by atoms with E-state index < -0.39 is 0 Å². The Labute approximate surface area is 102 Å². The summed E-state index contributed by atoms with van der Waals surface area (Å²) in [5, 5.41) is 12.5. The van der Waals surface area contributed by atoms with Crippen molar-refractivity contribution in [1.29, 1.82) is 0 Å². The number of carbonyl (C=O) groups is 1. The topological polar surface area (TPSA) is 49.3 Å². The second-order valence-electron chi connectivity index (χ2n) is 4.83. The summed E-state index contributed by atoms with van der Waals surface area (Å²) in [6.45, 7) is 2.57. The van der Waals surface area contributed by atoms with Crippen LogP contribution in [-0.2, 0) is 0 Å². The predicted molar refractivity (Wildman–Crippen MR) is 66.9 cm³/mol. The van der Waals surface area contributed by atoms with Crippen LogP contribution in [0.4, 0.5) is 0 Å². The van der Waals surface area contributed by atoms with E-state index in [9.17, 15) is 9.90 Å². The summed E-state index contributed by atoms with van der Waals surface area (Å²) in [5.41, 5.74) is 1.83. The van der Waals surface area contributed by atoms with E-state index in [-0.39, 0.29) is 17.9 Å². The Bertz CT molecular complexity index is 386. The van der Waals surface area contributed by atoms with E-state index in [0.29, 0.717) is 12.1 Å². The molecule has 1 aliphatic carbocycles. The largest absolute Gasteiger partial charge is 0.393 e. The van der Waals surface area contributed by atoms with Gasteiger partial charge in [0.15, 0.2) is 0 Å². The molecular weight excluding hydrogens is 214 g/mol. The molecule has 1 fully saturated rings. The average Bonchev–Trinajstić information content (AvgIpc) is 2.73. The molecule has 0 aromatic heterocycles. The summed E-state index contributed by atoms with van der Waals surface area (Å²) in [4.78, 5) is 11.8. The summed E-state index contributed by atoms with van der Waals surface area (Å²) < 4.78 is 0. The lowest BCUT2D eigenvalue weighted by atomic mass is 10.1. The second kappa shape index (κ2) is 5.32. The van der Waals surface area contributed by atoms with E-state index in [1.165, 1.54) is 0 Å². The Morgan fingerprint density at radius 3 is 2.65 bits per heavy atom. The maximum atomic E-state index is 11.8. The molecule has 1 saturated carbocycles. The van der Waals surface area contributed by atoms with Crippen LogP contribution >= 0.6 is 0 Å². The van der Waals surface area contributed by atoms with Crippen LogP contribution in [0, 0.1) is 12.8 Å². The van der Waals surface area contributed by atoms with E-state index in [2.05, 4.69) is 5.32 Å². The first-order valence-corrected chi connectivity index (χ1v) is 6.20. The molecular formula is C14H19NO2. The first-order chi connectivity index (χ1) is 8.16. The minimum atomic E-state index is -0.242. The van der Waals surface area contributed by atoms with E-state index in [4.69, 9.17) is 0 Å². The molecule has 0 saturated heterocycles. The van der Waals surface area contributed by atoms with Crippen molar-refractivity contribution < 1.29 is 9.90 Å². The molecule has 1 aromatic rings. The third kappa shape index (κ3) is 3.07. The van der Waals surface area contributed by atoms with Crippen LogP contribution in [0.2, 0.25) is 0 Å². The second-order valence-corrected chi connectivity index (χ2v) is 4.83. The van der Waals surface area contributed by atoms with Crippen LogP contribution in [0.5, 0.6) is 0 Å². The molecule has 1 aromatic carbocycles. The number of hydrogen-bond donors (Lipinski definition) is 2. The Balaban J connectivity index is 1.87. The van der Waals surface area contributed by atoms with Gasteiger partial charge in [0.2, 0.25) is 0 Å². The van der Waals surface area contributed by atoms with Gasteiger partial charge in [-0.15, -0.1) is 0 Å². The quantitative estimate of drug-likeness (QED) is 0.837. The highest BCUT2D eigenvalue weighted by Gasteiger charge is 2.25. The Kier molecular flexibility index (Phi) is 3.79. The van der Waals surface area contributed by atoms with Crippen LogP contribution in [0.3, 0.4) is 0 Å². The molecule has 0 bridgehead atoms. The summed E-state index contributed by atoms with van der Waals surface area (Å²) in [5.74, 6) is 0.175. The van der Waals surface area contributed by atoms with Crippen molar-refractivity contribution in [2.24, 2.45) is 5.92 Å². The number of aliphatic hydroxyl groups excluding tert-OH is 1. The molecule has 2 unspecified atom stereocenters. The summed E-state index contributed by atoms with van der Waals surface area (Å²) >= 11 is 0. The fourth-order valence-electron chi connectivity index (χ4n) is 2.29.